The van der Waals surface area contributed by atoms with Gasteiger partial charge in [-0.2, -0.15) is 0 Å². The zero-order valence-electron chi connectivity index (χ0n) is 19.4. The number of carbonyl (C=O) groups is 5. The summed E-state index contributed by atoms with van der Waals surface area (Å²) in [5, 5.41) is 2.26. The van der Waals surface area contributed by atoms with E-state index in [4.69, 9.17) is 0 Å². The maximum atomic E-state index is 12.9. The Bertz CT molecular complexity index is 1460. The van der Waals surface area contributed by atoms with E-state index in [2.05, 4.69) is 10.3 Å². The number of fused-ring (bicyclic) bond motifs is 1. The normalized spacial score (nSPS) is 16.1. The summed E-state index contributed by atoms with van der Waals surface area (Å²) in [5.74, 6) is -1.80. The van der Waals surface area contributed by atoms with Crippen LogP contribution < -0.4 is 5.32 Å². The predicted octanol–water partition coefficient (Wildman–Crippen LogP) is 3.34. The Balaban J connectivity index is 1.20. The van der Waals surface area contributed by atoms with E-state index in [1.165, 1.54) is 18.2 Å². The highest BCUT2D eigenvalue weighted by molar-refractivity contribution is 8.18. The summed E-state index contributed by atoms with van der Waals surface area (Å²) in [7, 11) is 0. The van der Waals surface area contributed by atoms with Crippen LogP contribution in [0.25, 0.3) is 6.08 Å². The predicted molar refractivity (Wildman–Crippen MR) is 136 cm³/mol. The van der Waals surface area contributed by atoms with Crippen LogP contribution in [-0.2, 0) is 11.3 Å². The molecule has 9 nitrogen and oxygen atoms in total. The van der Waals surface area contributed by atoms with Crippen LogP contribution in [0.1, 0.15) is 42.2 Å². The van der Waals surface area contributed by atoms with Crippen molar-refractivity contribution in [2.75, 3.05) is 13.1 Å². The first-order valence-corrected chi connectivity index (χ1v) is 12.2. The molecule has 3 heterocycles. The van der Waals surface area contributed by atoms with E-state index < -0.39 is 28.9 Å². The molecule has 5 amide bonds. The molecule has 5 rings (SSSR count). The number of imide groups is 2. The van der Waals surface area contributed by atoms with Crippen LogP contribution in [0.15, 0.2) is 78.0 Å². The number of nitrogens with zero attached hydrogens (tertiary/aromatic N) is 3. The van der Waals surface area contributed by atoms with Gasteiger partial charge in [0.05, 0.1) is 22.6 Å². The van der Waals surface area contributed by atoms with Crippen LogP contribution in [0.5, 0.6) is 0 Å². The SMILES string of the molecule is O=C(NCCN1C(=O)S/C(=C\c2ccccc2)C1=O)c1ccc2c(c1)C(=O)N(Cc1ccncc1)C2=O. The lowest BCUT2D eigenvalue weighted by Gasteiger charge is -2.13. The van der Waals surface area contributed by atoms with Gasteiger partial charge in [0, 0.05) is 31.0 Å². The van der Waals surface area contributed by atoms with Crippen LogP contribution in [0.2, 0.25) is 0 Å². The van der Waals surface area contributed by atoms with Gasteiger partial charge in [-0.05, 0) is 59.3 Å². The fourth-order valence-electron chi connectivity index (χ4n) is 4.02. The number of rotatable bonds is 7. The Labute approximate surface area is 216 Å². The number of amides is 5. The number of benzene rings is 2. The van der Waals surface area contributed by atoms with Crippen LogP contribution in [0.4, 0.5) is 4.79 Å². The Morgan fingerprint density at radius 3 is 2.35 bits per heavy atom. The van der Waals surface area contributed by atoms with Crippen LogP contribution in [0.3, 0.4) is 0 Å². The van der Waals surface area contributed by atoms with E-state index in [1.807, 2.05) is 30.3 Å². The molecule has 37 heavy (non-hydrogen) atoms. The average Bonchev–Trinajstić information content (AvgIpc) is 3.31. The van der Waals surface area contributed by atoms with Gasteiger partial charge in [-0.15, -0.1) is 0 Å². The van der Waals surface area contributed by atoms with Crippen LogP contribution in [-0.4, -0.2) is 56.7 Å². The maximum Gasteiger partial charge on any atom is 0.293 e. The Morgan fingerprint density at radius 2 is 1.59 bits per heavy atom. The summed E-state index contributed by atoms with van der Waals surface area (Å²) in [6.07, 6.45) is 4.82. The van der Waals surface area contributed by atoms with Crippen molar-refractivity contribution in [2.45, 2.75) is 6.54 Å². The summed E-state index contributed by atoms with van der Waals surface area (Å²) in [6.45, 7) is 0.144. The third-order valence-corrected chi connectivity index (χ3v) is 6.82. The van der Waals surface area contributed by atoms with Crippen molar-refractivity contribution in [3.8, 4) is 0 Å². The van der Waals surface area contributed by atoms with Crippen molar-refractivity contribution < 1.29 is 24.0 Å². The number of hydrogen-bond donors (Lipinski definition) is 1. The van der Waals surface area contributed by atoms with E-state index in [0.29, 0.717) is 4.91 Å². The van der Waals surface area contributed by atoms with Gasteiger partial charge in [-0.25, -0.2) is 0 Å². The van der Waals surface area contributed by atoms with Gasteiger partial charge in [-0.1, -0.05) is 30.3 Å². The highest BCUT2D eigenvalue weighted by atomic mass is 32.2. The first-order chi connectivity index (χ1) is 17.9. The lowest BCUT2D eigenvalue weighted by molar-refractivity contribution is -0.122. The monoisotopic (exact) mass is 512 g/mol. The second-order valence-electron chi connectivity index (χ2n) is 8.31. The molecular formula is C27H20N4O5S. The Kier molecular flexibility index (Phi) is 6.65. The highest BCUT2D eigenvalue weighted by Crippen LogP contribution is 2.32. The molecule has 1 aromatic heterocycles. The smallest absolute Gasteiger partial charge is 0.293 e. The minimum atomic E-state index is -0.484. The molecule has 2 aliphatic heterocycles. The van der Waals surface area contributed by atoms with Gasteiger partial charge < -0.3 is 5.32 Å². The minimum Gasteiger partial charge on any atom is -0.350 e. The molecule has 0 unspecified atom stereocenters. The lowest BCUT2D eigenvalue weighted by Crippen LogP contribution is -2.37. The molecule has 0 saturated carbocycles. The van der Waals surface area contributed by atoms with E-state index in [-0.39, 0.29) is 36.3 Å². The van der Waals surface area contributed by atoms with E-state index in [1.54, 1.807) is 30.6 Å². The fourth-order valence-corrected chi connectivity index (χ4v) is 4.89. The van der Waals surface area contributed by atoms with Crippen LogP contribution in [0, 0.1) is 0 Å². The number of aromatic nitrogens is 1. The zero-order valence-corrected chi connectivity index (χ0v) is 20.2. The number of thioether (sulfide) groups is 1. The zero-order chi connectivity index (χ0) is 25.9. The summed E-state index contributed by atoms with van der Waals surface area (Å²) in [5.41, 5.74) is 2.16. The van der Waals surface area contributed by atoms with Crippen molar-refractivity contribution in [3.05, 3.63) is 106 Å². The van der Waals surface area contributed by atoms with Crippen molar-refractivity contribution in [3.63, 3.8) is 0 Å². The first-order valence-electron chi connectivity index (χ1n) is 11.4. The van der Waals surface area contributed by atoms with Gasteiger partial charge in [0.15, 0.2) is 0 Å². The number of carbonyl (C=O) groups excluding carboxylic acids is 5. The van der Waals surface area contributed by atoms with Crippen molar-refractivity contribution in [1.29, 1.82) is 0 Å². The first kappa shape index (κ1) is 24.1. The molecule has 1 fully saturated rings. The third-order valence-electron chi connectivity index (χ3n) is 5.91. The number of nitrogens with one attached hydrogen (secondary N) is 1. The molecule has 3 aromatic rings. The maximum absolute atomic E-state index is 12.9. The molecule has 184 valence electrons. The molecule has 0 radical (unpaired) electrons. The van der Waals surface area contributed by atoms with Crippen molar-refractivity contribution in [1.82, 2.24) is 20.1 Å². The molecule has 2 aromatic carbocycles. The lowest BCUT2D eigenvalue weighted by atomic mass is 10.1. The van der Waals surface area contributed by atoms with Gasteiger partial charge >= 0.3 is 0 Å². The van der Waals surface area contributed by atoms with E-state index >= 15 is 0 Å². The summed E-state index contributed by atoms with van der Waals surface area (Å²) < 4.78 is 0. The summed E-state index contributed by atoms with van der Waals surface area (Å²) >= 11 is 0.855. The molecule has 0 spiro atoms. The molecule has 1 N–H and O–H groups in total. The second-order valence-corrected chi connectivity index (χ2v) is 9.31. The third kappa shape index (κ3) is 4.91. The van der Waals surface area contributed by atoms with Crippen LogP contribution >= 0.6 is 11.8 Å². The minimum absolute atomic E-state index is 0.00457. The molecule has 10 heteroatoms. The average molecular weight is 513 g/mol. The van der Waals surface area contributed by atoms with Gasteiger partial charge in [0.1, 0.15) is 0 Å². The molecular weight excluding hydrogens is 492 g/mol. The summed E-state index contributed by atoms with van der Waals surface area (Å²) in [4.78, 5) is 69.8. The largest absolute Gasteiger partial charge is 0.350 e. The molecule has 0 aliphatic carbocycles. The highest BCUT2D eigenvalue weighted by Gasteiger charge is 2.36. The fraction of sp³-hybridized carbons (Fsp3) is 0.111. The molecule has 0 bridgehead atoms. The number of pyridine rings is 1. The number of hydrogen-bond acceptors (Lipinski definition) is 7. The Hall–Kier alpha value is -4.57. The van der Waals surface area contributed by atoms with E-state index in [9.17, 15) is 24.0 Å². The van der Waals surface area contributed by atoms with Gasteiger partial charge in [0.2, 0.25) is 0 Å². The second kappa shape index (κ2) is 10.2. The van der Waals surface area contributed by atoms with Crippen molar-refractivity contribution in [2.24, 2.45) is 0 Å². The summed E-state index contributed by atoms with van der Waals surface area (Å²) in [6, 6.07) is 17.0. The Morgan fingerprint density at radius 1 is 0.865 bits per heavy atom. The molecule has 0 atom stereocenters. The standard InChI is InChI=1S/C27H20N4O5S/c32-23(29-12-13-30-26(35)22(37-27(30)36)14-17-4-2-1-3-5-17)19-6-7-20-21(15-19)25(34)31(24(20)33)16-18-8-10-28-11-9-18/h1-11,14-15H,12-13,16H2,(H,29,32)/b22-14-. The van der Waals surface area contributed by atoms with Gasteiger partial charge in [0.25, 0.3) is 28.9 Å². The van der Waals surface area contributed by atoms with Crippen molar-refractivity contribution >= 4 is 46.7 Å². The topological polar surface area (TPSA) is 117 Å². The van der Waals surface area contributed by atoms with Gasteiger partial charge in [-0.3, -0.25) is 38.8 Å². The molecule has 2 aliphatic rings. The van der Waals surface area contributed by atoms with E-state index in [0.717, 1.165) is 32.7 Å². The quantitative estimate of drug-likeness (QED) is 0.381. The molecule has 1 saturated heterocycles.